The van der Waals surface area contributed by atoms with Crippen molar-refractivity contribution >= 4 is 12.1 Å². The molecule has 0 radical (unpaired) electrons. The lowest BCUT2D eigenvalue weighted by atomic mass is 9.90. The fourth-order valence-corrected chi connectivity index (χ4v) is 2.37. The molecule has 0 bridgehead atoms. The van der Waals surface area contributed by atoms with Gasteiger partial charge in [-0.25, -0.2) is 4.79 Å². The van der Waals surface area contributed by atoms with Crippen LogP contribution in [0.4, 0.5) is 4.79 Å². The molecule has 22 heavy (non-hydrogen) atoms. The zero-order valence-corrected chi connectivity index (χ0v) is 12.7. The lowest BCUT2D eigenvalue weighted by molar-refractivity contribution is -0.142. The topological polar surface area (TPSA) is 64.6 Å². The van der Waals surface area contributed by atoms with Crippen LogP contribution in [0.1, 0.15) is 25.3 Å². The third kappa shape index (κ3) is 5.24. The van der Waals surface area contributed by atoms with Crippen LogP contribution in [0.5, 0.6) is 0 Å². The van der Waals surface area contributed by atoms with Crippen LogP contribution in [-0.2, 0) is 20.9 Å². The smallest absolute Gasteiger partial charge is 0.407 e. The van der Waals surface area contributed by atoms with Crippen LogP contribution < -0.4 is 5.32 Å². The average Bonchev–Trinajstić information content (AvgIpc) is 2.53. The minimum atomic E-state index is -0.447. The molecule has 0 aromatic heterocycles. The quantitative estimate of drug-likeness (QED) is 0.671. The number of allylic oxidation sites excluding steroid dienone is 1. The molecule has 0 saturated carbocycles. The van der Waals surface area contributed by atoms with Crippen molar-refractivity contribution in [1.82, 2.24) is 5.32 Å². The Kier molecular flexibility index (Phi) is 6.01. The first-order valence-electron chi connectivity index (χ1n) is 7.40. The molecule has 5 nitrogen and oxygen atoms in total. The van der Waals surface area contributed by atoms with Gasteiger partial charge < -0.3 is 14.8 Å². The Labute approximate surface area is 130 Å². The van der Waals surface area contributed by atoms with Gasteiger partial charge in [-0.15, -0.1) is 0 Å². The van der Waals surface area contributed by atoms with Gasteiger partial charge in [-0.2, -0.15) is 0 Å². The lowest BCUT2D eigenvalue weighted by Crippen LogP contribution is -2.43. The van der Waals surface area contributed by atoms with E-state index in [1.807, 2.05) is 42.5 Å². The molecule has 0 heterocycles. The monoisotopic (exact) mass is 303 g/mol. The van der Waals surface area contributed by atoms with Crippen molar-refractivity contribution < 1.29 is 19.1 Å². The summed E-state index contributed by atoms with van der Waals surface area (Å²) in [4.78, 5) is 22.8. The largest absolute Gasteiger partial charge is 0.465 e. The molecule has 1 N–H and O–H groups in total. The molecule has 0 fully saturated rings. The van der Waals surface area contributed by atoms with E-state index in [9.17, 15) is 9.59 Å². The highest BCUT2D eigenvalue weighted by molar-refractivity contribution is 5.68. The summed E-state index contributed by atoms with van der Waals surface area (Å²) in [6.45, 7) is 1.93. The van der Waals surface area contributed by atoms with Gasteiger partial charge in [0.25, 0.3) is 0 Å². The highest BCUT2D eigenvalue weighted by atomic mass is 16.5. The van der Waals surface area contributed by atoms with Crippen LogP contribution in [-0.4, -0.2) is 24.7 Å². The first kappa shape index (κ1) is 16.1. The molecule has 1 aromatic rings. The van der Waals surface area contributed by atoms with Crippen molar-refractivity contribution in [2.24, 2.45) is 5.92 Å². The summed E-state index contributed by atoms with van der Waals surface area (Å²) < 4.78 is 10.3. The van der Waals surface area contributed by atoms with E-state index in [4.69, 9.17) is 9.47 Å². The van der Waals surface area contributed by atoms with Gasteiger partial charge in [0.1, 0.15) is 6.61 Å². The first-order chi connectivity index (χ1) is 10.6. The molecule has 0 spiro atoms. The minimum Gasteiger partial charge on any atom is -0.465 e. The zero-order valence-electron chi connectivity index (χ0n) is 12.7. The van der Waals surface area contributed by atoms with Crippen molar-refractivity contribution in [3.8, 4) is 0 Å². The standard InChI is InChI=1S/C17H21NO4/c1-13(19)21-12-15-9-5-6-10-16(15)18-17(20)22-11-14-7-3-2-4-8-14/h2-8,15-16H,9-12H2,1H3,(H,18,20)/t15-,16+/m0/s1. The average molecular weight is 303 g/mol. The first-order valence-corrected chi connectivity index (χ1v) is 7.40. The van der Waals surface area contributed by atoms with Gasteiger partial charge in [0.2, 0.25) is 0 Å². The summed E-state index contributed by atoms with van der Waals surface area (Å²) in [5, 5.41) is 2.86. The highest BCUT2D eigenvalue weighted by Gasteiger charge is 2.25. The molecule has 1 aliphatic carbocycles. The zero-order chi connectivity index (χ0) is 15.8. The number of alkyl carbamates (subject to hydrolysis) is 1. The maximum Gasteiger partial charge on any atom is 0.407 e. The predicted octanol–water partition coefficient (Wildman–Crippen LogP) is 2.81. The van der Waals surface area contributed by atoms with Crippen LogP contribution in [0, 0.1) is 5.92 Å². The fraction of sp³-hybridized carbons (Fsp3) is 0.412. The van der Waals surface area contributed by atoms with Crippen molar-refractivity contribution in [3.05, 3.63) is 48.0 Å². The number of esters is 1. The van der Waals surface area contributed by atoms with E-state index < -0.39 is 6.09 Å². The van der Waals surface area contributed by atoms with E-state index in [0.717, 1.165) is 12.0 Å². The number of benzene rings is 1. The van der Waals surface area contributed by atoms with E-state index in [1.54, 1.807) is 0 Å². The molecule has 5 heteroatoms. The Balaban J connectivity index is 1.80. The van der Waals surface area contributed by atoms with Crippen molar-refractivity contribution in [1.29, 1.82) is 0 Å². The number of rotatable bonds is 5. The Morgan fingerprint density at radius 1 is 1.14 bits per heavy atom. The number of nitrogens with one attached hydrogen (secondary N) is 1. The van der Waals surface area contributed by atoms with Crippen LogP contribution >= 0.6 is 0 Å². The summed E-state index contributed by atoms with van der Waals surface area (Å²) in [5.41, 5.74) is 0.942. The number of carbonyl (C=O) groups is 2. The second kappa shape index (κ2) is 8.22. The van der Waals surface area contributed by atoms with Gasteiger partial charge in [0.05, 0.1) is 6.61 Å². The van der Waals surface area contributed by atoms with Gasteiger partial charge in [-0.05, 0) is 18.4 Å². The number of amides is 1. The SMILES string of the molecule is CC(=O)OC[C@@H]1CC=CC[C@H]1NC(=O)OCc1ccccc1. The fourth-order valence-electron chi connectivity index (χ4n) is 2.37. The Bertz CT molecular complexity index is 527. The molecular weight excluding hydrogens is 282 g/mol. The van der Waals surface area contributed by atoms with Crippen molar-refractivity contribution in [2.45, 2.75) is 32.4 Å². The molecule has 1 aliphatic rings. The van der Waals surface area contributed by atoms with Crippen LogP contribution in [0.3, 0.4) is 0 Å². The Morgan fingerprint density at radius 3 is 2.59 bits per heavy atom. The maximum atomic E-state index is 11.9. The van der Waals surface area contributed by atoms with Crippen LogP contribution in [0.15, 0.2) is 42.5 Å². The Hall–Kier alpha value is -2.30. The molecule has 118 valence electrons. The highest BCUT2D eigenvalue weighted by Crippen LogP contribution is 2.20. The van der Waals surface area contributed by atoms with Crippen LogP contribution in [0.25, 0.3) is 0 Å². The molecule has 0 unspecified atom stereocenters. The molecule has 0 aliphatic heterocycles. The summed E-state index contributed by atoms with van der Waals surface area (Å²) in [7, 11) is 0. The Morgan fingerprint density at radius 2 is 1.86 bits per heavy atom. The van der Waals surface area contributed by atoms with Crippen LogP contribution in [0.2, 0.25) is 0 Å². The van der Waals surface area contributed by atoms with Gasteiger partial charge in [0, 0.05) is 18.9 Å². The normalized spacial score (nSPS) is 20.2. The summed E-state index contributed by atoms with van der Waals surface area (Å²) in [5.74, 6) is -0.224. The molecular formula is C17H21NO4. The van der Waals surface area contributed by atoms with E-state index in [-0.39, 0.29) is 24.5 Å². The third-order valence-electron chi connectivity index (χ3n) is 3.58. The second-order valence-corrected chi connectivity index (χ2v) is 5.32. The van der Waals surface area contributed by atoms with Crippen molar-refractivity contribution in [3.63, 3.8) is 0 Å². The molecule has 0 saturated heterocycles. The number of ether oxygens (including phenoxy) is 2. The summed E-state index contributed by atoms with van der Waals surface area (Å²) in [6.07, 6.45) is 5.11. The third-order valence-corrected chi connectivity index (χ3v) is 3.58. The molecule has 1 amide bonds. The molecule has 1 aromatic carbocycles. The number of hydrogen-bond donors (Lipinski definition) is 1. The predicted molar refractivity (Wildman–Crippen MR) is 82.0 cm³/mol. The summed E-state index contributed by atoms with van der Waals surface area (Å²) >= 11 is 0. The molecule has 2 rings (SSSR count). The van der Waals surface area contributed by atoms with Gasteiger partial charge in [-0.3, -0.25) is 4.79 Å². The van der Waals surface area contributed by atoms with E-state index in [2.05, 4.69) is 5.32 Å². The number of hydrogen-bond acceptors (Lipinski definition) is 4. The second-order valence-electron chi connectivity index (χ2n) is 5.32. The lowest BCUT2D eigenvalue weighted by Gasteiger charge is -2.28. The van der Waals surface area contributed by atoms with Crippen molar-refractivity contribution in [2.75, 3.05) is 6.61 Å². The van der Waals surface area contributed by atoms with Gasteiger partial charge in [-0.1, -0.05) is 42.5 Å². The summed E-state index contributed by atoms with van der Waals surface area (Å²) in [6, 6.07) is 9.44. The van der Waals surface area contributed by atoms with Gasteiger partial charge >= 0.3 is 12.1 Å². The van der Waals surface area contributed by atoms with Gasteiger partial charge in [0.15, 0.2) is 0 Å². The molecule has 2 atom stereocenters. The van der Waals surface area contributed by atoms with E-state index in [0.29, 0.717) is 13.0 Å². The maximum absolute atomic E-state index is 11.9. The number of carbonyl (C=O) groups excluding carboxylic acids is 2. The van der Waals surface area contributed by atoms with E-state index in [1.165, 1.54) is 6.92 Å². The van der Waals surface area contributed by atoms with E-state index >= 15 is 0 Å². The minimum absolute atomic E-state index is 0.0763.